The normalized spacial score (nSPS) is 10.0. The minimum atomic E-state index is -0.459. The zero-order valence-electron chi connectivity index (χ0n) is 13.0. The van der Waals surface area contributed by atoms with Crippen molar-refractivity contribution in [2.24, 2.45) is 0 Å². The number of para-hydroxylation sites is 1. The minimum Gasteiger partial charge on any atom is -0.465 e. The molecule has 0 N–H and O–H groups in total. The SMILES string of the molecule is COC(=O)c1cncc(Oc2ccc(Oc3ccccc3)cc2)c1. The van der Waals surface area contributed by atoms with Gasteiger partial charge in [-0.05, 0) is 42.5 Å². The summed E-state index contributed by atoms with van der Waals surface area (Å²) in [4.78, 5) is 15.5. The van der Waals surface area contributed by atoms with Crippen molar-refractivity contribution in [2.75, 3.05) is 7.11 Å². The molecule has 0 amide bonds. The van der Waals surface area contributed by atoms with Crippen LogP contribution < -0.4 is 9.47 Å². The monoisotopic (exact) mass is 321 g/mol. The van der Waals surface area contributed by atoms with Crippen molar-refractivity contribution in [3.8, 4) is 23.0 Å². The van der Waals surface area contributed by atoms with Crippen molar-refractivity contribution in [3.05, 3.63) is 78.6 Å². The standard InChI is InChI=1S/C19H15NO4/c1-22-19(21)14-11-18(13-20-12-14)24-17-9-7-16(8-10-17)23-15-5-3-2-4-6-15/h2-13H,1H3. The summed E-state index contributed by atoms with van der Waals surface area (Å²) < 4.78 is 16.1. The van der Waals surface area contributed by atoms with Gasteiger partial charge in [0.25, 0.3) is 0 Å². The molecule has 0 aliphatic rings. The summed E-state index contributed by atoms with van der Waals surface area (Å²) in [5.74, 6) is 2.07. The molecular weight excluding hydrogens is 306 g/mol. The molecule has 5 heteroatoms. The fourth-order valence-electron chi connectivity index (χ4n) is 2.04. The van der Waals surface area contributed by atoms with E-state index in [1.54, 1.807) is 30.3 Å². The third kappa shape index (κ3) is 3.89. The predicted octanol–water partition coefficient (Wildman–Crippen LogP) is 4.45. The molecule has 1 aromatic heterocycles. The van der Waals surface area contributed by atoms with Crippen LogP contribution in [0.4, 0.5) is 0 Å². The van der Waals surface area contributed by atoms with Gasteiger partial charge in [0.1, 0.15) is 23.0 Å². The van der Waals surface area contributed by atoms with Crippen LogP contribution in [0, 0.1) is 0 Å². The number of hydrogen-bond acceptors (Lipinski definition) is 5. The Bertz CT molecular complexity index is 816. The van der Waals surface area contributed by atoms with Crippen molar-refractivity contribution in [3.63, 3.8) is 0 Å². The largest absolute Gasteiger partial charge is 0.465 e. The number of ether oxygens (including phenoxy) is 3. The number of nitrogens with zero attached hydrogens (tertiary/aromatic N) is 1. The Morgan fingerprint density at radius 2 is 1.38 bits per heavy atom. The molecule has 0 radical (unpaired) electrons. The van der Waals surface area contributed by atoms with E-state index in [-0.39, 0.29) is 0 Å². The quantitative estimate of drug-likeness (QED) is 0.650. The molecule has 5 nitrogen and oxygen atoms in total. The molecule has 0 bridgehead atoms. The maximum Gasteiger partial charge on any atom is 0.339 e. The Balaban J connectivity index is 1.69. The van der Waals surface area contributed by atoms with E-state index in [2.05, 4.69) is 9.72 Å². The number of benzene rings is 2. The molecule has 0 atom stereocenters. The second-order valence-electron chi connectivity index (χ2n) is 4.89. The molecule has 1 heterocycles. The van der Waals surface area contributed by atoms with Crippen LogP contribution >= 0.6 is 0 Å². The zero-order chi connectivity index (χ0) is 16.8. The highest BCUT2D eigenvalue weighted by molar-refractivity contribution is 5.89. The number of pyridine rings is 1. The van der Waals surface area contributed by atoms with Crippen molar-refractivity contribution < 1.29 is 19.0 Å². The molecule has 0 fully saturated rings. The van der Waals surface area contributed by atoms with Gasteiger partial charge in [0.15, 0.2) is 0 Å². The molecule has 3 aromatic rings. The van der Waals surface area contributed by atoms with Crippen molar-refractivity contribution in [2.45, 2.75) is 0 Å². The molecule has 0 unspecified atom stereocenters. The summed E-state index contributed by atoms with van der Waals surface area (Å²) in [5, 5.41) is 0. The first-order chi connectivity index (χ1) is 11.7. The molecule has 0 spiro atoms. The van der Waals surface area contributed by atoms with E-state index in [1.165, 1.54) is 19.5 Å². The highest BCUT2D eigenvalue weighted by Crippen LogP contribution is 2.26. The summed E-state index contributed by atoms with van der Waals surface area (Å²) >= 11 is 0. The van der Waals surface area contributed by atoms with Crippen LogP contribution in [0.25, 0.3) is 0 Å². The summed E-state index contributed by atoms with van der Waals surface area (Å²) in [6.07, 6.45) is 2.95. The van der Waals surface area contributed by atoms with E-state index in [9.17, 15) is 4.79 Å². The number of carbonyl (C=O) groups is 1. The Morgan fingerprint density at radius 3 is 2.00 bits per heavy atom. The van der Waals surface area contributed by atoms with E-state index in [0.717, 1.165) is 5.75 Å². The number of hydrogen-bond donors (Lipinski definition) is 0. The number of carbonyl (C=O) groups excluding carboxylic acids is 1. The topological polar surface area (TPSA) is 57.7 Å². The van der Waals surface area contributed by atoms with Gasteiger partial charge in [0.05, 0.1) is 18.9 Å². The van der Waals surface area contributed by atoms with Gasteiger partial charge < -0.3 is 14.2 Å². The number of rotatable bonds is 5. The summed E-state index contributed by atoms with van der Waals surface area (Å²) in [5.41, 5.74) is 0.332. The fraction of sp³-hybridized carbons (Fsp3) is 0.0526. The maximum absolute atomic E-state index is 11.5. The summed E-state index contributed by atoms with van der Waals surface area (Å²) in [7, 11) is 1.32. The van der Waals surface area contributed by atoms with Gasteiger partial charge in [-0.2, -0.15) is 0 Å². The molecular formula is C19H15NO4. The highest BCUT2D eigenvalue weighted by atomic mass is 16.5. The van der Waals surface area contributed by atoms with Crippen LogP contribution in [0.3, 0.4) is 0 Å². The lowest BCUT2D eigenvalue weighted by Crippen LogP contribution is -2.01. The molecule has 2 aromatic carbocycles. The molecule has 0 saturated heterocycles. The molecule has 24 heavy (non-hydrogen) atoms. The van der Waals surface area contributed by atoms with Crippen LogP contribution in [-0.2, 0) is 4.74 Å². The molecule has 0 aliphatic carbocycles. The number of esters is 1. The lowest BCUT2D eigenvalue weighted by Gasteiger charge is -2.08. The lowest BCUT2D eigenvalue weighted by molar-refractivity contribution is 0.0600. The summed E-state index contributed by atoms with van der Waals surface area (Å²) in [6.45, 7) is 0. The Labute approximate surface area is 139 Å². The smallest absolute Gasteiger partial charge is 0.339 e. The molecule has 0 saturated carbocycles. The third-order valence-electron chi connectivity index (χ3n) is 3.17. The van der Waals surface area contributed by atoms with Gasteiger partial charge >= 0.3 is 5.97 Å². The molecule has 3 rings (SSSR count). The van der Waals surface area contributed by atoms with Crippen molar-refractivity contribution in [1.82, 2.24) is 4.98 Å². The average Bonchev–Trinajstić information content (AvgIpc) is 2.64. The van der Waals surface area contributed by atoms with E-state index < -0.39 is 5.97 Å². The first-order valence-electron chi connectivity index (χ1n) is 7.29. The minimum absolute atomic E-state index is 0.332. The highest BCUT2D eigenvalue weighted by Gasteiger charge is 2.08. The second-order valence-corrected chi connectivity index (χ2v) is 4.89. The lowest BCUT2D eigenvalue weighted by atomic mass is 10.3. The van der Waals surface area contributed by atoms with Crippen molar-refractivity contribution in [1.29, 1.82) is 0 Å². The second kappa shape index (κ2) is 7.28. The van der Waals surface area contributed by atoms with Gasteiger partial charge in [-0.3, -0.25) is 4.98 Å². The first kappa shape index (κ1) is 15.6. The van der Waals surface area contributed by atoms with Crippen LogP contribution in [0.2, 0.25) is 0 Å². The number of aromatic nitrogens is 1. The van der Waals surface area contributed by atoms with Crippen LogP contribution in [-0.4, -0.2) is 18.1 Å². The Morgan fingerprint density at radius 1 is 0.792 bits per heavy atom. The Kier molecular flexibility index (Phi) is 4.72. The Hall–Kier alpha value is -3.34. The number of methoxy groups -OCH3 is 1. The van der Waals surface area contributed by atoms with Gasteiger partial charge in [0, 0.05) is 6.20 Å². The van der Waals surface area contributed by atoms with Crippen molar-refractivity contribution >= 4 is 5.97 Å². The van der Waals surface area contributed by atoms with E-state index in [4.69, 9.17) is 9.47 Å². The fourth-order valence-corrected chi connectivity index (χ4v) is 2.04. The van der Waals surface area contributed by atoms with E-state index >= 15 is 0 Å². The maximum atomic E-state index is 11.5. The first-order valence-corrected chi connectivity index (χ1v) is 7.29. The van der Waals surface area contributed by atoms with Gasteiger partial charge in [-0.1, -0.05) is 18.2 Å². The van der Waals surface area contributed by atoms with Gasteiger partial charge in [-0.25, -0.2) is 4.79 Å². The predicted molar refractivity (Wildman–Crippen MR) is 88.6 cm³/mol. The van der Waals surface area contributed by atoms with Gasteiger partial charge in [0.2, 0.25) is 0 Å². The molecule has 0 aliphatic heterocycles. The van der Waals surface area contributed by atoms with E-state index in [1.807, 2.05) is 30.3 Å². The van der Waals surface area contributed by atoms with Crippen LogP contribution in [0.1, 0.15) is 10.4 Å². The van der Waals surface area contributed by atoms with E-state index in [0.29, 0.717) is 22.8 Å². The van der Waals surface area contributed by atoms with Crippen LogP contribution in [0.5, 0.6) is 23.0 Å². The molecule has 120 valence electrons. The average molecular weight is 321 g/mol. The zero-order valence-corrected chi connectivity index (χ0v) is 13.0. The van der Waals surface area contributed by atoms with Crippen LogP contribution in [0.15, 0.2) is 73.1 Å². The van der Waals surface area contributed by atoms with Gasteiger partial charge in [-0.15, -0.1) is 0 Å². The summed E-state index contributed by atoms with van der Waals surface area (Å²) in [6, 6.07) is 18.3. The third-order valence-corrected chi connectivity index (χ3v) is 3.17.